The molecule has 0 aliphatic carbocycles. The van der Waals surface area contributed by atoms with Crippen molar-refractivity contribution in [1.82, 2.24) is 0 Å². The summed E-state index contributed by atoms with van der Waals surface area (Å²) in [4.78, 5) is 10.7. The SMILES string of the molecule is C.C.Cc1cc(O)c(C(C)(C)C)cc1C=O.Cc1ccc(C(C)(C)C)c(O)c1. The fourth-order valence-electron chi connectivity index (χ4n) is 2.71. The zero-order valence-corrected chi connectivity index (χ0v) is 17.3. The summed E-state index contributed by atoms with van der Waals surface area (Å²) in [6, 6.07) is 9.23. The van der Waals surface area contributed by atoms with Crippen LogP contribution in [0, 0.1) is 13.8 Å². The summed E-state index contributed by atoms with van der Waals surface area (Å²) in [6.07, 6.45) is 0.823. The number of carbonyl (C=O) groups excluding carboxylic acids is 1. The molecule has 0 spiro atoms. The Morgan fingerprint density at radius 2 is 1.21 bits per heavy atom. The standard InChI is InChI=1S/C12H16O2.C11H16O.2CH4/c1-8-5-11(14)10(12(2,3)4)6-9(8)7-13;1-8-5-6-9(10(12)7-8)11(2,3)4;;/h5-7,14H,1-4H3;5-7,12H,1-4H3;2*1H4. The predicted octanol–water partition coefficient (Wildman–Crippen LogP) is 7.08. The number of carbonyl (C=O) groups is 1. The van der Waals surface area contributed by atoms with Crippen molar-refractivity contribution < 1.29 is 15.0 Å². The molecule has 0 fully saturated rings. The lowest BCUT2D eigenvalue weighted by molar-refractivity contribution is 0.112. The van der Waals surface area contributed by atoms with Gasteiger partial charge in [0.15, 0.2) is 0 Å². The van der Waals surface area contributed by atoms with E-state index in [0.717, 1.165) is 28.5 Å². The minimum Gasteiger partial charge on any atom is -0.508 e. The average Bonchev–Trinajstić information content (AvgIpc) is 2.45. The molecular weight excluding hydrogens is 348 g/mol. The van der Waals surface area contributed by atoms with Crippen molar-refractivity contribution in [2.75, 3.05) is 0 Å². The molecule has 0 aliphatic rings. The molecule has 0 saturated carbocycles. The van der Waals surface area contributed by atoms with Crippen LogP contribution in [-0.2, 0) is 10.8 Å². The van der Waals surface area contributed by atoms with Gasteiger partial charge in [-0.2, -0.15) is 0 Å². The fraction of sp³-hybridized carbons (Fsp3) is 0.480. The molecule has 2 rings (SSSR count). The molecule has 2 aromatic carbocycles. The van der Waals surface area contributed by atoms with Crippen LogP contribution in [-0.4, -0.2) is 16.5 Å². The van der Waals surface area contributed by atoms with Gasteiger partial charge in [-0.05, 0) is 65.1 Å². The molecule has 0 radical (unpaired) electrons. The van der Waals surface area contributed by atoms with Gasteiger partial charge < -0.3 is 10.2 Å². The Balaban J connectivity index is 0. The van der Waals surface area contributed by atoms with Gasteiger partial charge in [0.25, 0.3) is 0 Å². The molecule has 2 N–H and O–H groups in total. The van der Waals surface area contributed by atoms with E-state index in [0.29, 0.717) is 11.3 Å². The molecule has 0 bridgehead atoms. The molecule has 0 amide bonds. The van der Waals surface area contributed by atoms with Gasteiger partial charge in [0, 0.05) is 5.56 Å². The van der Waals surface area contributed by atoms with Crippen molar-refractivity contribution in [2.45, 2.75) is 81.1 Å². The predicted molar refractivity (Wildman–Crippen MR) is 122 cm³/mol. The van der Waals surface area contributed by atoms with Crippen molar-refractivity contribution in [2.24, 2.45) is 0 Å². The number of rotatable bonds is 1. The number of hydrogen-bond donors (Lipinski definition) is 2. The number of aldehydes is 1. The van der Waals surface area contributed by atoms with Crippen molar-refractivity contribution in [3.05, 3.63) is 58.1 Å². The highest BCUT2D eigenvalue weighted by atomic mass is 16.3. The topological polar surface area (TPSA) is 57.5 Å². The minimum atomic E-state index is -0.143. The Labute approximate surface area is 172 Å². The Bertz CT molecular complexity index is 776. The van der Waals surface area contributed by atoms with Crippen LogP contribution in [0.4, 0.5) is 0 Å². The molecule has 0 aliphatic heterocycles. The summed E-state index contributed by atoms with van der Waals surface area (Å²) in [5.74, 6) is 0.670. The molecule has 0 saturated heterocycles. The lowest BCUT2D eigenvalue weighted by atomic mass is 9.84. The molecule has 28 heavy (non-hydrogen) atoms. The van der Waals surface area contributed by atoms with E-state index in [2.05, 4.69) is 20.8 Å². The van der Waals surface area contributed by atoms with E-state index in [9.17, 15) is 15.0 Å². The first-order valence-electron chi connectivity index (χ1n) is 8.86. The average molecular weight is 389 g/mol. The van der Waals surface area contributed by atoms with Crippen LogP contribution >= 0.6 is 0 Å². The van der Waals surface area contributed by atoms with Crippen LogP contribution in [0.5, 0.6) is 11.5 Å². The minimum absolute atomic E-state index is 0. The maximum absolute atomic E-state index is 10.7. The Hall–Kier alpha value is -2.29. The number of hydrogen-bond acceptors (Lipinski definition) is 3. The second-order valence-corrected chi connectivity index (χ2v) is 8.86. The Morgan fingerprint density at radius 3 is 1.61 bits per heavy atom. The van der Waals surface area contributed by atoms with Crippen LogP contribution in [0.15, 0.2) is 30.3 Å². The molecule has 158 valence electrons. The van der Waals surface area contributed by atoms with Gasteiger partial charge in [-0.15, -0.1) is 0 Å². The van der Waals surface area contributed by atoms with Crippen molar-refractivity contribution >= 4 is 6.29 Å². The summed E-state index contributed by atoms with van der Waals surface area (Å²) in [6.45, 7) is 16.1. The monoisotopic (exact) mass is 388 g/mol. The number of aromatic hydroxyl groups is 2. The second kappa shape index (κ2) is 10.3. The molecule has 0 heterocycles. The maximum Gasteiger partial charge on any atom is 0.150 e. The van der Waals surface area contributed by atoms with E-state index in [4.69, 9.17) is 0 Å². The number of phenolic OH excluding ortho intramolecular Hbond substituents is 2. The molecule has 3 heteroatoms. The van der Waals surface area contributed by atoms with E-state index >= 15 is 0 Å². The van der Waals surface area contributed by atoms with E-state index in [1.807, 2.05) is 46.8 Å². The summed E-state index contributed by atoms with van der Waals surface area (Å²) in [5.41, 5.74) is 4.25. The molecule has 3 nitrogen and oxygen atoms in total. The highest BCUT2D eigenvalue weighted by Crippen LogP contribution is 2.32. The number of phenols is 2. The Kier molecular flexibility index (Phi) is 10.3. The number of benzene rings is 2. The lowest BCUT2D eigenvalue weighted by Gasteiger charge is -2.21. The van der Waals surface area contributed by atoms with Crippen molar-refractivity contribution in [1.29, 1.82) is 0 Å². The first-order valence-corrected chi connectivity index (χ1v) is 8.86. The highest BCUT2D eigenvalue weighted by molar-refractivity contribution is 5.78. The Morgan fingerprint density at radius 1 is 0.750 bits per heavy atom. The molecule has 2 aromatic rings. The van der Waals surface area contributed by atoms with E-state index in [1.54, 1.807) is 18.2 Å². The summed E-state index contributed by atoms with van der Waals surface area (Å²) >= 11 is 0. The zero-order valence-electron chi connectivity index (χ0n) is 17.3. The van der Waals surface area contributed by atoms with E-state index in [-0.39, 0.29) is 31.4 Å². The number of aryl methyl sites for hydroxylation is 2. The van der Waals surface area contributed by atoms with Gasteiger partial charge >= 0.3 is 0 Å². The van der Waals surface area contributed by atoms with Crippen LogP contribution in [0.1, 0.15) is 89.0 Å². The van der Waals surface area contributed by atoms with Gasteiger partial charge in [0.2, 0.25) is 0 Å². The smallest absolute Gasteiger partial charge is 0.150 e. The normalized spacial score (nSPS) is 10.7. The van der Waals surface area contributed by atoms with Crippen LogP contribution in [0.3, 0.4) is 0 Å². The molecular formula is C25H40O3. The summed E-state index contributed by atoms with van der Waals surface area (Å²) < 4.78 is 0. The third-order valence-corrected chi connectivity index (χ3v) is 4.28. The summed E-state index contributed by atoms with van der Waals surface area (Å²) in [7, 11) is 0. The third-order valence-electron chi connectivity index (χ3n) is 4.28. The van der Waals surface area contributed by atoms with Crippen molar-refractivity contribution in [3.63, 3.8) is 0 Å². The van der Waals surface area contributed by atoms with E-state index in [1.165, 1.54) is 0 Å². The van der Waals surface area contributed by atoms with Crippen LogP contribution < -0.4 is 0 Å². The van der Waals surface area contributed by atoms with Gasteiger partial charge in [-0.3, -0.25) is 4.79 Å². The highest BCUT2D eigenvalue weighted by Gasteiger charge is 2.19. The van der Waals surface area contributed by atoms with Gasteiger partial charge in [-0.1, -0.05) is 68.5 Å². The largest absolute Gasteiger partial charge is 0.508 e. The van der Waals surface area contributed by atoms with Crippen LogP contribution in [0.25, 0.3) is 0 Å². The summed E-state index contributed by atoms with van der Waals surface area (Å²) in [5, 5.41) is 19.4. The molecule has 0 unspecified atom stereocenters. The van der Waals surface area contributed by atoms with Gasteiger partial charge in [0.1, 0.15) is 17.8 Å². The van der Waals surface area contributed by atoms with Gasteiger partial charge in [-0.25, -0.2) is 0 Å². The quantitative estimate of drug-likeness (QED) is 0.513. The van der Waals surface area contributed by atoms with Crippen LogP contribution in [0.2, 0.25) is 0 Å². The fourth-order valence-corrected chi connectivity index (χ4v) is 2.71. The van der Waals surface area contributed by atoms with Crippen molar-refractivity contribution in [3.8, 4) is 11.5 Å². The first-order chi connectivity index (χ1) is 11.8. The van der Waals surface area contributed by atoms with E-state index < -0.39 is 0 Å². The first kappa shape index (κ1) is 27.9. The van der Waals surface area contributed by atoms with Gasteiger partial charge in [0.05, 0.1) is 0 Å². The zero-order chi connectivity index (χ0) is 20.3. The third kappa shape index (κ3) is 7.38. The molecule has 0 atom stereocenters. The lowest BCUT2D eigenvalue weighted by Crippen LogP contribution is -2.12. The maximum atomic E-state index is 10.7. The molecule has 0 aromatic heterocycles. The second-order valence-electron chi connectivity index (χ2n) is 8.86.